The van der Waals surface area contributed by atoms with Crippen molar-refractivity contribution in [3.8, 4) is 0 Å². The van der Waals surface area contributed by atoms with E-state index in [4.69, 9.17) is 0 Å². The van der Waals surface area contributed by atoms with Gasteiger partial charge in [-0.2, -0.15) is 0 Å². The molecule has 4 heteroatoms. The van der Waals surface area contributed by atoms with E-state index in [1.54, 1.807) is 6.08 Å². The maximum Gasteiger partial charge on any atom is 0.243 e. The Hall–Kier alpha value is -2.10. The Bertz CT molecular complexity index is 891. The van der Waals surface area contributed by atoms with E-state index in [0.29, 0.717) is 17.8 Å². The normalized spacial score (nSPS) is 42.0. The molecular weight excluding hydrogens is 372 g/mol. The number of anilines is 1. The maximum absolute atomic E-state index is 13.3. The number of aryl methyl sites for hydroxylation is 1. The molecule has 30 heavy (non-hydrogen) atoms. The van der Waals surface area contributed by atoms with Gasteiger partial charge in [0, 0.05) is 23.1 Å². The lowest BCUT2D eigenvalue weighted by Gasteiger charge is -2.58. The molecule has 0 radical (unpaired) electrons. The third-order valence-corrected chi connectivity index (χ3v) is 9.32. The molecule has 1 aliphatic heterocycles. The number of rotatable bonds is 2. The maximum atomic E-state index is 13.3. The molecule has 1 heterocycles. The topological polar surface area (TPSA) is 58.2 Å². The zero-order valence-corrected chi connectivity index (χ0v) is 18.4. The molecule has 0 spiro atoms. The van der Waals surface area contributed by atoms with Crippen LogP contribution in [0, 0.1) is 41.4 Å². The Morgan fingerprint density at radius 2 is 1.80 bits per heavy atom. The van der Waals surface area contributed by atoms with Gasteiger partial charge in [0.25, 0.3) is 0 Å². The van der Waals surface area contributed by atoms with Gasteiger partial charge in [-0.05, 0) is 86.8 Å². The fourth-order valence-electron chi connectivity index (χ4n) is 7.63. The largest absolute Gasteiger partial charge is 0.349 e. The number of hydrogen-bond acceptors (Lipinski definition) is 2. The summed E-state index contributed by atoms with van der Waals surface area (Å²) in [5.74, 6) is 2.22. The third-order valence-electron chi connectivity index (χ3n) is 9.32. The minimum absolute atomic E-state index is 0.0560. The van der Waals surface area contributed by atoms with Crippen LogP contribution in [0.4, 0.5) is 5.69 Å². The van der Waals surface area contributed by atoms with Gasteiger partial charge in [0.05, 0.1) is 0 Å². The zero-order valence-electron chi connectivity index (χ0n) is 18.4. The van der Waals surface area contributed by atoms with Crippen LogP contribution >= 0.6 is 0 Å². The van der Waals surface area contributed by atoms with Crippen LogP contribution in [-0.2, 0) is 9.59 Å². The average molecular weight is 407 g/mol. The highest BCUT2D eigenvalue weighted by molar-refractivity contribution is 5.93. The first-order chi connectivity index (χ1) is 14.3. The van der Waals surface area contributed by atoms with E-state index in [1.807, 2.05) is 12.1 Å². The van der Waals surface area contributed by atoms with E-state index in [1.165, 1.54) is 12.0 Å². The lowest BCUT2D eigenvalue weighted by molar-refractivity contribution is -0.129. The Balaban J connectivity index is 1.36. The molecule has 0 saturated heterocycles. The molecule has 5 rings (SSSR count). The van der Waals surface area contributed by atoms with Gasteiger partial charge in [-0.3, -0.25) is 9.59 Å². The molecule has 4 aliphatic rings. The second-order valence-electron chi connectivity index (χ2n) is 10.7. The first kappa shape index (κ1) is 19.8. The van der Waals surface area contributed by atoms with E-state index < -0.39 is 0 Å². The first-order valence-electron chi connectivity index (χ1n) is 11.7. The van der Waals surface area contributed by atoms with E-state index in [2.05, 4.69) is 49.6 Å². The van der Waals surface area contributed by atoms with Crippen LogP contribution in [0.25, 0.3) is 0 Å². The predicted molar refractivity (Wildman–Crippen MR) is 119 cm³/mol. The van der Waals surface area contributed by atoms with Gasteiger partial charge in [-0.1, -0.05) is 37.6 Å². The van der Waals surface area contributed by atoms with Crippen molar-refractivity contribution in [3.05, 3.63) is 42.0 Å². The average Bonchev–Trinajstić information content (AvgIpc) is 3.07. The Labute approximate surface area is 179 Å². The highest BCUT2D eigenvalue weighted by Gasteiger charge is 2.60. The van der Waals surface area contributed by atoms with Gasteiger partial charge < -0.3 is 10.6 Å². The molecule has 0 bridgehead atoms. The van der Waals surface area contributed by atoms with Crippen molar-refractivity contribution >= 4 is 17.5 Å². The summed E-state index contributed by atoms with van der Waals surface area (Å²) in [6, 6.07) is 8.38. The lowest BCUT2D eigenvalue weighted by Crippen LogP contribution is -2.59. The molecule has 7 atom stereocenters. The lowest BCUT2D eigenvalue weighted by atomic mass is 9.48. The zero-order chi connectivity index (χ0) is 21.1. The van der Waals surface area contributed by atoms with Crippen LogP contribution in [0.15, 0.2) is 36.4 Å². The third kappa shape index (κ3) is 2.94. The highest BCUT2D eigenvalue weighted by Crippen LogP contribution is 2.65. The van der Waals surface area contributed by atoms with Crippen LogP contribution in [0.1, 0.15) is 57.9 Å². The van der Waals surface area contributed by atoms with E-state index in [0.717, 1.165) is 37.8 Å². The summed E-state index contributed by atoms with van der Waals surface area (Å²) in [5, 5.41) is 6.43. The van der Waals surface area contributed by atoms with E-state index >= 15 is 0 Å². The van der Waals surface area contributed by atoms with Gasteiger partial charge >= 0.3 is 0 Å². The van der Waals surface area contributed by atoms with Gasteiger partial charge in [-0.25, -0.2) is 0 Å². The molecule has 4 nitrogen and oxygen atoms in total. The first-order valence-corrected chi connectivity index (χ1v) is 11.7. The minimum Gasteiger partial charge on any atom is -0.349 e. The number of hydrogen-bond donors (Lipinski definition) is 2. The van der Waals surface area contributed by atoms with Crippen molar-refractivity contribution in [1.29, 1.82) is 0 Å². The Kier molecular flexibility index (Phi) is 4.61. The number of carbonyl (C=O) groups is 2. The smallest absolute Gasteiger partial charge is 0.243 e. The van der Waals surface area contributed by atoms with E-state index in [-0.39, 0.29) is 34.6 Å². The number of benzene rings is 1. The number of amides is 2. The van der Waals surface area contributed by atoms with Crippen LogP contribution in [0.5, 0.6) is 0 Å². The second kappa shape index (κ2) is 6.96. The number of carbonyl (C=O) groups excluding carboxylic acids is 2. The number of fused-ring (bicyclic) bond motifs is 5. The molecule has 3 fully saturated rings. The summed E-state index contributed by atoms with van der Waals surface area (Å²) in [5.41, 5.74) is 2.25. The molecule has 3 aliphatic carbocycles. The predicted octanol–water partition coefficient (Wildman–Crippen LogP) is 4.85. The quantitative estimate of drug-likeness (QED) is 0.738. The summed E-state index contributed by atoms with van der Waals surface area (Å²) in [4.78, 5) is 25.2. The molecule has 1 aromatic rings. The summed E-state index contributed by atoms with van der Waals surface area (Å²) in [6.07, 6.45) is 10.6. The van der Waals surface area contributed by atoms with Crippen molar-refractivity contribution < 1.29 is 9.59 Å². The monoisotopic (exact) mass is 406 g/mol. The van der Waals surface area contributed by atoms with Gasteiger partial charge in [-0.15, -0.1) is 0 Å². The fourth-order valence-corrected chi connectivity index (χ4v) is 7.63. The van der Waals surface area contributed by atoms with Crippen molar-refractivity contribution in [1.82, 2.24) is 5.32 Å². The van der Waals surface area contributed by atoms with Crippen LogP contribution in [-0.4, -0.2) is 17.9 Å². The minimum atomic E-state index is 0.0560. The van der Waals surface area contributed by atoms with Crippen LogP contribution < -0.4 is 10.6 Å². The molecule has 2 N–H and O–H groups in total. The van der Waals surface area contributed by atoms with Gasteiger partial charge in [0.2, 0.25) is 11.8 Å². The molecule has 3 saturated carbocycles. The highest BCUT2D eigenvalue weighted by atomic mass is 16.2. The molecular formula is C26H34N2O2. The fraction of sp³-hybridized carbons (Fsp3) is 0.615. The SMILES string of the molecule is Cc1ccc(NC(=O)[C@H]2CC[C@H]3[C@@H]4CC[C@H]5NC(=O)C=C[C@]5(C)[C@H]4CC[C@]23C)cc1. The molecule has 1 aromatic carbocycles. The molecule has 0 aromatic heterocycles. The van der Waals surface area contributed by atoms with Crippen molar-refractivity contribution in [2.45, 2.75) is 65.3 Å². The van der Waals surface area contributed by atoms with Gasteiger partial charge in [0.1, 0.15) is 0 Å². The molecule has 2 amide bonds. The summed E-state index contributed by atoms with van der Waals surface area (Å²) in [7, 11) is 0. The summed E-state index contributed by atoms with van der Waals surface area (Å²) in [6.45, 7) is 6.80. The van der Waals surface area contributed by atoms with E-state index in [9.17, 15) is 9.59 Å². The summed E-state index contributed by atoms with van der Waals surface area (Å²) < 4.78 is 0. The van der Waals surface area contributed by atoms with Crippen molar-refractivity contribution in [3.63, 3.8) is 0 Å². The summed E-state index contributed by atoms with van der Waals surface area (Å²) >= 11 is 0. The Morgan fingerprint density at radius 1 is 1.03 bits per heavy atom. The van der Waals surface area contributed by atoms with Crippen molar-refractivity contribution in [2.75, 3.05) is 5.32 Å². The Morgan fingerprint density at radius 3 is 2.57 bits per heavy atom. The van der Waals surface area contributed by atoms with Gasteiger partial charge in [0.15, 0.2) is 0 Å². The second-order valence-corrected chi connectivity index (χ2v) is 10.7. The molecule has 160 valence electrons. The standard InChI is InChI=1S/C26H34N2O2/c1-16-4-6-17(7-5-16)27-24(30)21-10-9-19-18-8-11-22-26(3,15-13-23(29)28-22)20(18)12-14-25(19,21)2/h4-7,13,15,18-22H,8-12,14H2,1-3H3,(H,27,30)(H,28,29)/t18-,19-,20-,21+,22+,25-,26+/m0/s1. The van der Waals surface area contributed by atoms with Crippen molar-refractivity contribution in [2.24, 2.45) is 34.5 Å². The van der Waals surface area contributed by atoms with Crippen LogP contribution in [0.3, 0.4) is 0 Å². The van der Waals surface area contributed by atoms with Crippen LogP contribution in [0.2, 0.25) is 0 Å². The number of nitrogens with one attached hydrogen (secondary N) is 2. The molecule has 0 unspecified atom stereocenters.